The van der Waals surface area contributed by atoms with Gasteiger partial charge in [-0.05, 0) is 54.4 Å². The van der Waals surface area contributed by atoms with E-state index in [1.165, 1.54) is 18.2 Å². The maximum absolute atomic E-state index is 14.2. The second-order valence-electron chi connectivity index (χ2n) is 8.73. The van der Waals surface area contributed by atoms with Crippen LogP contribution in [0.2, 0.25) is 0 Å². The molecule has 1 aliphatic rings. The second-order valence-corrected chi connectivity index (χ2v) is 10.8. The molecular formula is C26H21F3N4O5S. The summed E-state index contributed by atoms with van der Waals surface area (Å²) in [5.41, 5.74) is 0.385. The van der Waals surface area contributed by atoms with E-state index in [2.05, 4.69) is 25.0 Å². The highest BCUT2D eigenvalue weighted by Gasteiger charge is 2.34. The lowest BCUT2D eigenvalue weighted by molar-refractivity contribution is -0.0527. The van der Waals surface area contributed by atoms with Crippen molar-refractivity contribution in [2.75, 3.05) is 6.61 Å². The number of aryl methyl sites for hydroxylation is 1. The summed E-state index contributed by atoms with van der Waals surface area (Å²) in [6.07, 6.45) is 1.57. The molecule has 0 fully saturated rings. The van der Waals surface area contributed by atoms with E-state index in [1.54, 1.807) is 37.4 Å². The molecule has 0 bridgehead atoms. The molecule has 13 heteroatoms. The number of carbonyl (C=O) groups is 1. The number of amides is 1. The molecule has 0 radical (unpaired) electrons. The number of nitrogens with zero attached hydrogens (tertiary/aromatic N) is 3. The van der Waals surface area contributed by atoms with Gasteiger partial charge in [-0.25, -0.2) is 22.8 Å². The van der Waals surface area contributed by atoms with Crippen LogP contribution >= 0.6 is 0 Å². The van der Waals surface area contributed by atoms with Crippen LogP contribution in [0.3, 0.4) is 0 Å². The van der Waals surface area contributed by atoms with Crippen LogP contribution in [-0.4, -0.2) is 48.0 Å². The average molecular weight is 559 g/mol. The Morgan fingerprint density at radius 1 is 1.15 bits per heavy atom. The fourth-order valence-electron chi connectivity index (χ4n) is 4.12. The van der Waals surface area contributed by atoms with E-state index in [-0.39, 0.29) is 29.5 Å². The third-order valence-corrected chi connectivity index (χ3v) is 7.88. The highest BCUT2D eigenvalue weighted by molar-refractivity contribution is 7.92. The van der Waals surface area contributed by atoms with Crippen molar-refractivity contribution in [2.24, 2.45) is 0 Å². The van der Waals surface area contributed by atoms with E-state index in [4.69, 9.17) is 4.74 Å². The van der Waals surface area contributed by atoms with Crippen molar-refractivity contribution in [3.63, 3.8) is 0 Å². The van der Waals surface area contributed by atoms with Crippen LogP contribution in [0.25, 0.3) is 22.3 Å². The molecule has 1 atom stereocenters. The molecule has 39 heavy (non-hydrogen) atoms. The summed E-state index contributed by atoms with van der Waals surface area (Å²) in [6.45, 7) is -2.03. The van der Waals surface area contributed by atoms with Crippen molar-refractivity contribution in [1.29, 1.82) is 0 Å². The number of sulfone groups is 1. The number of rotatable bonds is 6. The molecule has 1 aromatic carbocycles. The Morgan fingerprint density at radius 3 is 2.74 bits per heavy atom. The molecule has 3 aromatic heterocycles. The van der Waals surface area contributed by atoms with Crippen molar-refractivity contribution in [3.8, 4) is 17.3 Å². The zero-order chi connectivity index (χ0) is 27.7. The number of benzene rings is 1. The number of ether oxygens (including phenoxy) is 2. The number of aromatic nitrogens is 3. The normalized spacial score (nSPS) is 16.5. The number of hydrogen-bond donors (Lipinski definition) is 1. The van der Waals surface area contributed by atoms with Crippen molar-refractivity contribution in [1.82, 2.24) is 20.3 Å². The van der Waals surface area contributed by atoms with Crippen molar-refractivity contribution in [2.45, 2.75) is 37.1 Å². The summed E-state index contributed by atoms with van der Waals surface area (Å²) in [5.74, 6) is -0.807. The summed E-state index contributed by atoms with van der Waals surface area (Å²) >= 11 is 0. The second kappa shape index (κ2) is 10.6. The summed E-state index contributed by atoms with van der Waals surface area (Å²) in [5, 5.41) is 3.39. The molecule has 4 aromatic rings. The Labute approximate surface area is 220 Å². The van der Waals surface area contributed by atoms with Gasteiger partial charge in [-0.3, -0.25) is 9.78 Å². The first-order chi connectivity index (χ1) is 18.6. The Balaban J connectivity index is 1.36. The van der Waals surface area contributed by atoms with Crippen LogP contribution in [0.15, 0.2) is 59.6 Å². The fraction of sp³-hybridized carbons (Fsp3) is 0.231. The van der Waals surface area contributed by atoms with Crippen LogP contribution in [0.4, 0.5) is 13.2 Å². The molecule has 202 valence electrons. The number of fused-ring (bicyclic) bond motifs is 2. The number of alkyl halides is 3. The van der Waals surface area contributed by atoms with E-state index in [9.17, 15) is 26.4 Å². The first kappa shape index (κ1) is 26.5. The van der Waals surface area contributed by atoms with Gasteiger partial charge in [-0.1, -0.05) is 6.07 Å². The first-order valence-electron chi connectivity index (χ1n) is 11.7. The number of pyridine rings is 3. The number of nitrogens with one attached hydrogen (secondary N) is 1. The molecular weight excluding hydrogens is 537 g/mol. The Bertz CT molecular complexity index is 1680. The van der Waals surface area contributed by atoms with Gasteiger partial charge in [0.15, 0.2) is 0 Å². The third-order valence-electron chi connectivity index (χ3n) is 6.09. The minimum absolute atomic E-state index is 0.00558. The van der Waals surface area contributed by atoms with Crippen LogP contribution in [0.1, 0.15) is 27.2 Å². The molecule has 0 saturated heterocycles. The van der Waals surface area contributed by atoms with Gasteiger partial charge in [0.2, 0.25) is 21.2 Å². The van der Waals surface area contributed by atoms with E-state index < -0.39 is 34.5 Å². The van der Waals surface area contributed by atoms with Gasteiger partial charge >= 0.3 is 6.61 Å². The number of carbonyl (C=O) groups excluding carboxylic acids is 1. The molecule has 9 nitrogen and oxygen atoms in total. The molecule has 1 aliphatic heterocycles. The van der Waals surface area contributed by atoms with E-state index >= 15 is 0 Å². The minimum atomic E-state index is -4.31. The van der Waals surface area contributed by atoms with Gasteiger partial charge in [0.25, 0.3) is 5.91 Å². The van der Waals surface area contributed by atoms with Gasteiger partial charge in [0, 0.05) is 23.2 Å². The maximum Gasteiger partial charge on any atom is 0.388 e. The Morgan fingerprint density at radius 2 is 1.95 bits per heavy atom. The topological polar surface area (TPSA) is 120 Å². The lowest BCUT2D eigenvalue weighted by atomic mass is 10.0. The molecule has 1 N–H and O–H groups in total. The van der Waals surface area contributed by atoms with Crippen LogP contribution in [0.5, 0.6) is 5.88 Å². The van der Waals surface area contributed by atoms with Gasteiger partial charge in [0.1, 0.15) is 0 Å². The predicted molar refractivity (Wildman–Crippen MR) is 133 cm³/mol. The standard InChI is InChI=1S/C26H21F3N4O5S/c1-14-7-16(8-22-18(14)12-37-13-23(27)39(22,35)36)25(34)31-11-17-9-21-15(10-30-17)5-6-20(32-21)19-3-2-4-24(33-19)38-26(28)29/h2-10,23,26H,11-13H2,1H3,(H,31,34)/t23-/m1/s1. The third kappa shape index (κ3) is 5.54. The van der Waals surface area contributed by atoms with E-state index in [1.807, 2.05) is 0 Å². The molecule has 5 rings (SSSR count). The van der Waals surface area contributed by atoms with Crippen LogP contribution in [0, 0.1) is 6.92 Å². The summed E-state index contributed by atoms with van der Waals surface area (Å²) in [7, 11) is -4.31. The minimum Gasteiger partial charge on any atom is -0.417 e. The van der Waals surface area contributed by atoms with E-state index in [0.29, 0.717) is 39.1 Å². The van der Waals surface area contributed by atoms with Crippen molar-refractivity contribution < 1.29 is 35.9 Å². The molecule has 4 heterocycles. The first-order valence-corrected chi connectivity index (χ1v) is 13.2. The van der Waals surface area contributed by atoms with Gasteiger partial charge in [-0.2, -0.15) is 8.78 Å². The highest BCUT2D eigenvalue weighted by Crippen LogP contribution is 2.30. The Hall–Kier alpha value is -4.10. The van der Waals surface area contributed by atoms with Gasteiger partial charge in [-0.15, -0.1) is 0 Å². The smallest absolute Gasteiger partial charge is 0.388 e. The van der Waals surface area contributed by atoms with Crippen LogP contribution < -0.4 is 10.1 Å². The summed E-state index contributed by atoms with van der Waals surface area (Å²) in [6, 6.07) is 12.2. The van der Waals surface area contributed by atoms with Gasteiger partial charge < -0.3 is 14.8 Å². The molecule has 0 aliphatic carbocycles. The SMILES string of the molecule is Cc1cc(C(=O)NCc2cc3nc(-c4cccc(OC(F)F)n4)ccc3cn2)cc2c1COC[C@H](F)S2(=O)=O. The van der Waals surface area contributed by atoms with E-state index in [0.717, 1.165) is 6.07 Å². The maximum atomic E-state index is 14.2. The zero-order valence-corrected chi connectivity index (χ0v) is 21.2. The lowest BCUT2D eigenvalue weighted by Crippen LogP contribution is -2.25. The molecule has 0 saturated carbocycles. The summed E-state index contributed by atoms with van der Waals surface area (Å²) < 4.78 is 74.0. The average Bonchev–Trinajstić information content (AvgIpc) is 3.02. The largest absolute Gasteiger partial charge is 0.417 e. The van der Waals surface area contributed by atoms with Crippen molar-refractivity contribution in [3.05, 3.63) is 77.1 Å². The summed E-state index contributed by atoms with van der Waals surface area (Å²) in [4.78, 5) is 25.5. The number of hydrogen-bond acceptors (Lipinski definition) is 8. The monoisotopic (exact) mass is 558 g/mol. The fourth-order valence-corrected chi connectivity index (χ4v) is 5.53. The molecule has 0 spiro atoms. The Kier molecular flexibility index (Phi) is 7.19. The highest BCUT2D eigenvalue weighted by atomic mass is 32.2. The predicted octanol–water partition coefficient (Wildman–Crippen LogP) is 4.13. The van der Waals surface area contributed by atoms with Crippen LogP contribution in [-0.2, 0) is 27.7 Å². The zero-order valence-electron chi connectivity index (χ0n) is 20.4. The molecule has 1 amide bonds. The molecule has 0 unspecified atom stereocenters. The lowest BCUT2D eigenvalue weighted by Gasteiger charge is -2.13. The van der Waals surface area contributed by atoms with Gasteiger partial charge in [0.05, 0.1) is 47.3 Å². The number of halogens is 3. The quantitative estimate of drug-likeness (QED) is 0.375. The van der Waals surface area contributed by atoms with Crippen molar-refractivity contribution >= 4 is 26.6 Å².